The summed E-state index contributed by atoms with van der Waals surface area (Å²) in [7, 11) is 1.61. The van der Waals surface area contributed by atoms with Crippen LogP contribution in [0.3, 0.4) is 0 Å². The summed E-state index contributed by atoms with van der Waals surface area (Å²) in [5, 5.41) is 6.05. The fourth-order valence-electron chi connectivity index (χ4n) is 3.00. The van der Waals surface area contributed by atoms with Crippen LogP contribution in [0.4, 0.5) is 10.8 Å². The topological polar surface area (TPSA) is 57.7 Å². The maximum absolute atomic E-state index is 12.5. The fraction of sp³-hybridized carbons (Fsp3) is 0.444. The summed E-state index contributed by atoms with van der Waals surface area (Å²) in [4.78, 5) is 21.3. The molecule has 1 aliphatic rings. The maximum Gasteiger partial charge on any atom is 0.238 e. The van der Waals surface area contributed by atoms with Crippen LogP contribution in [0.5, 0.6) is 5.75 Å². The van der Waals surface area contributed by atoms with Gasteiger partial charge in [-0.05, 0) is 31.0 Å². The number of carbonyl (C=O) groups excluding carboxylic acids is 1. The first kappa shape index (κ1) is 17.7. The molecule has 0 aliphatic carbocycles. The van der Waals surface area contributed by atoms with Crippen molar-refractivity contribution in [2.75, 3.05) is 50.1 Å². The largest absolute Gasteiger partial charge is 0.495 e. The van der Waals surface area contributed by atoms with Gasteiger partial charge in [0.15, 0.2) is 5.13 Å². The molecule has 2 heterocycles. The Morgan fingerprint density at radius 1 is 1.32 bits per heavy atom. The number of carbonyl (C=O) groups is 1. The third-order valence-electron chi connectivity index (χ3n) is 4.27. The Morgan fingerprint density at radius 3 is 2.96 bits per heavy atom. The number of rotatable bonds is 5. The summed E-state index contributed by atoms with van der Waals surface area (Å²) >= 11 is 1.66. The summed E-state index contributed by atoms with van der Waals surface area (Å²) < 4.78 is 5.33. The van der Waals surface area contributed by atoms with E-state index < -0.39 is 0 Å². The van der Waals surface area contributed by atoms with E-state index in [4.69, 9.17) is 4.74 Å². The number of amides is 1. The number of aryl methyl sites for hydroxylation is 1. The lowest BCUT2D eigenvalue weighted by Crippen LogP contribution is -2.36. The highest BCUT2D eigenvalue weighted by atomic mass is 32.1. The molecule has 1 aromatic carbocycles. The smallest absolute Gasteiger partial charge is 0.238 e. The van der Waals surface area contributed by atoms with Crippen LogP contribution >= 0.6 is 11.3 Å². The summed E-state index contributed by atoms with van der Waals surface area (Å²) in [6, 6.07) is 5.78. The number of methoxy groups -OCH3 is 1. The molecule has 134 valence electrons. The zero-order chi connectivity index (χ0) is 17.6. The molecule has 6 nitrogen and oxygen atoms in total. The summed E-state index contributed by atoms with van der Waals surface area (Å²) in [6.45, 7) is 6.05. The van der Waals surface area contributed by atoms with E-state index in [1.54, 1.807) is 18.4 Å². The molecule has 0 saturated carbocycles. The third-order valence-corrected chi connectivity index (χ3v) is 5.11. The number of benzene rings is 1. The molecule has 1 fully saturated rings. The monoisotopic (exact) mass is 360 g/mol. The van der Waals surface area contributed by atoms with Crippen molar-refractivity contribution in [2.45, 2.75) is 13.3 Å². The Bertz CT molecular complexity index is 705. The normalized spacial score (nSPS) is 15.7. The van der Waals surface area contributed by atoms with Gasteiger partial charge in [0.1, 0.15) is 5.75 Å². The van der Waals surface area contributed by atoms with E-state index in [1.807, 2.05) is 36.7 Å². The highest BCUT2D eigenvalue weighted by molar-refractivity contribution is 7.13. The molecule has 25 heavy (non-hydrogen) atoms. The van der Waals surface area contributed by atoms with Crippen molar-refractivity contribution >= 4 is 28.1 Å². The zero-order valence-corrected chi connectivity index (χ0v) is 15.5. The van der Waals surface area contributed by atoms with Gasteiger partial charge in [-0.15, -0.1) is 11.3 Å². The molecular weight excluding hydrogens is 336 g/mol. The average Bonchev–Trinajstić information content (AvgIpc) is 3.03. The standard InChI is InChI=1S/C18H24N4O2S/c1-14-4-5-16(24-2)15(12-14)20-17(23)13-21-7-3-8-22(10-9-21)18-19-6-11-25-18/h4-6,11-12H,3,7-10,13H2,1-2H3,(H,20,23). The van der Waals surface area contributed by atoms with Crippen LogP contribution in [0.1, 0.15) is 12.0 Å². The number of anilines is 2. The van der Waals surface area contributed by atoms with E-state index in [2.05, 4.69) is 20.1 Å². The van der Waals surface area contributed by atoms with Crippen molar-refractivity contribution in [1.82, 2.24) is 9.88 Å². The summed E-state index contributed by atoms with van der Waals surface area (Å²) in [5.74, 6) is 0.677. The van der Waals surface area contributed by atoms with Crippen LogP contribution in [0, 0.1) is 6.92 Å². The minimum absolute atomic E-state index is 0.00778. The molecule has 0 unspecified atom stereocenters. The van der Waals surface area contributed by atoms with Crippen LogP contribution in [0.2, 0.25) is 0 Å². The molecule has 0 spiro atoms. The molecule has 0 atom stereocenters. The highest BCUT2D eigenvalue weighted by Gasteiger charge is 2.19. The van der Waals surface area contributed by atoms with Crippen LogP contribution in [0.15, 0.2) is 29.8 Å². The molecule has 1 aromatic heterocycles. The van der Waals surface area contributed by atoms with Crippen molar-refractivity contribution in [3.05, 3.63) is 35.3 Å². The number of ether oxygens (including phenoxy) is 1. The second kappa shape index (κ2) is 8.31. The predicted molar refractivity (Wildman–Crippen MR) is 102 cm³/mol. The lowest BCUT2D eigenvalue weighted by atomic mass is 10.2. The van der Waals surface area contributed by atoms with Crippen molar-refractivity contribution < 1.29 is 9.53 Å². The van der Waals surface area contributed by atoms with Gasteiger partial charge in [0.25, 0.3) is 0 Å². The van der Waals surface area contributed by atoms with Gasteiger partial charge in [0.2, 0.25) is 5.91 Å². The third kappa shape index (κ3) is 4.70. The fourth-order valence-corrected chi connectivity index (χ4v) is 3.70. The van der Waals surface area contributed by atoms with Gasteiger partial charge in [-0.25, -0.2) is 4.98 Å². The summed E-state index contributed by atoms with van der Waals surface area (Å²) in [6.07, 6.45) is 2.87. The Kier molecular flexibility index (Phi) is 5.88. The number of thiazole rings is 1. The number of nitrogens with zero attached hydrogens (tertiary/aromatic N) is 3. The van der Waals surface area contributed by atoms with Crippen molar-refractivity contribution in [2.24, 2.45) is 0 Å². The molecule has 7 heteroatoms. The molecule has 0 radical (unpaired) electrons. The molecule has 2 aromatic rings. The average molecular weight is 360 g/mol. The number of aromatic nitrogens is 1. The van der Waals surface area contributed by atoms with Crippen molar-refractivity contribution in [1.29, 1.82) is 0 Å². The van der Waals surface area contributed by atoms with Crippen molar-refractivity contribution in [3.63, 3.8) is 0 Å². The van der Waals surface area contributed by atoms with Crippen LogP contribution in [-0.4, -0.2) is 55.6 Å². The Balaban J connectivity index is 1.55. The Morgan fingerprint density at radius 2 is 2.20 bits per heavy atom. The van der Waals surface area contributed by atoms with E-state index in [0.29, 0.717) is 12.3 Å². The number of nitrogens with one attached hydrogen (secondary N) is 1. The van der Waals surface area contributed by atoms with Gasteiger partial charge in [0.05, 0.1) is 19.3 Å². The first-order valence-corrected chi connectivity index (χ1v) is 9.35. The quantitative estimate of drug-likeness (QED) is 0.888. The second-order valence-electron chi connectivity index (χ2n) is 6.18. The minimum Gasteiger partial charge on any atom is -0.495 e. The Labute approximate surface area is 152 Å². The van der Waals surface area contributed by atoms with Crippen LogP contribution in [0.25, 0.3) is 0 Å². The lowest BCUT2D eigenvalue weighted by Gasteiger charge is -2.21. The van der Waals surface area contributed by atoms with E-state index in [1.165, 1.54) is 0 Å². The van der Waals surface area contributed by atoms with Gasteiger partial charge < -0.3 is 15.0 Å². The van der Waals surface area contributed by atoms with Gasteiger partial charge in [-0.2, -0.15) is 0 Å². The maximum atomic E-state index is 12.5. The summed E-state index contributed by atoms with van der Waals surface area (Å²) in [5.41, 5.74) is 1.82. The molecule has 1 N–H and O–H groups in total. The lowest BCUT2D eigenvalue weighted by molar-refractivity contribution is -0.117. The molecule has 1 amide bonds. The van der Waals surface area contributed by atoms with Gasteiger partial charge in [-0.1, -0.05) is 6.07 Å². The van der Waals surface area contributed by atoms with Gasteiger partial charge in [-0.3, -0.25) is 9.69 Å². The van der Waals surface area contributed by atoms with E-state index >= 15 is 0 Å². The van der Waals surface area contributed by atoms with E-state index in [0.717, 1.165) is 49.0 Å². The molecule has 3 rings (SSSR count). The second-order valence-corrected chi connectivity index (χ2v) is 7.06. The first-order valence-electron chi connectivity index (χ1n) is 8.47. The van der Waals surface area contributed by atoms with Crippen molar-refractivity contribution in [3.8, 4) is 5.75 Å². The van der Waals surface area contributed by atoms with Gasteiger partial charge >= 0.3 is 0 Å². The molecular formula is C18H24N4O2S. The predicted octanol–water partition coefficient (Wildman–Crippen LogP) is 2.61. The Hall–Kier alpha value is -2.12. The van der Waals surface area contributed by atoms with Gasteiger partial charge in [0, 0.05) is 37.8 Å². The van der Waals surface area contributed by atoms with E-state index in [-0.39, 0.29) is 5.91 Å². The SMILES string of the molecule is COc1ccc(C)cc1NC(=O)CN1CCCN(c2nccs2)CC1. The minimum atomic E-state index is -0.00778. The number of hydrogen-bond donors (Lipinski definition) is 1. The molecule has 1 saturated heterocycles. The highest BCUT2D eigenvalue weighted by Crippen LogP contribution is 2.25. The molecule has 1 aliphatic heterocycles. The van der Waals surface area contributed by atoms with E-state index in [9.17, 15) is 4.79 Å². The zero-order valence-electron chi connectivity index (χ0n) is 14.7. The van der Waals surface area contributed by atoms with Crippen LogP contribution < -0.4 is 15.0 Å². The first-order chi connectivity index (χ1) is 12.2. The molecule has 0 bridgehead atoms. The van der Waals surface area contributed by atoms with Crippen LogP contribution in [-0.2, 0) is 4.79 Å². The number of hydrogen-bond acceptors (Lipinski definition) is 6.